The van der Waals surface area contributed by atoms with Crippen molar-refractivity contribution in [3.8, 4) is 0 Å². The first-order valence-corrected chi connectivity index (χ1v) is 14.4. The van der Waals surface area contributed by atoms with Crippen LogP contribution in [0.2, 0.25) is 0 Å². The lowest BCUT2D eigenvalue weighted by atomic mass is 9.74. The summed E-state index contributed by atoms with van der Waals surface area (Å²) in [5.74, 6) is -1.28. The van der Waals surface area contributed by atoms with E-state index in [1.165, 1.54) is 41.0 Å². The van der Waals surface area contributed by atoms with Gasteiger partial charge in [-0.1, -0.05) is 75.6 Å². The highest BCUT2D eigenvalue weighted by Gasteiger charge is 2.35. The van der Waals surface area contributed by atoms with Crippen molar-refractivity contribution in [2.45, 2.75) is 82.4 Å². The monoisotopic (exact) mass is 592 g/mol. The molecular weight excluding hydrogens is 558 g/mol. The van der Waals surface area contributed by atoms with E-state index in [-0.39, 0.29) is 17.4 Å². The normalized spacial score (nSPS) is 17.4. The van der Waals surface area contributed by atoms with E-state index in [4.69, 9.17) is 0 Å². The number of hydrogen-bond donors (Lipinski definition) is 3. The van der Waals surface area contributed by atoms with E-state index >= 15 is 0 Å². The van der Waals surface area contributed by atoms with Crippen molar-refractivity contribution in [2.75, 3.05) is 11.9 Å². The Morgan fingerprint density at radius 1 is 1.05 bits per heavy atom. The van der Waals surface area contributed by atoms with Crippen molar-refractivity contribution < 1.29 is 13.9 Å². The molecule has 1 aliphatic rings. The van der Waals surface area contributed by atoms with Crippen LogP contribution in [-0.2, 0) is 17.4 Å². The second kappa shape index (κ2) is 11.8. The van der Waals surface area contributed by atoms with Gasteiger partial charge in [0, 0.05) is 18.2 Å². The van der Waals surface area contributed by atoms with Crippen LogP contribution >= 0.6 is 27.3 Å². The Balaban J connectivity index is 1.56. The molecule has 2 unspecified atom stereocenters. The molecule has 1 aromatic heterocycles. The maximum Gasteiger partial charge on any atom is 0.206 e. The van der Waals surface area contributed by atoms with Gasteiger partial charge in [-0.25, -0.2) is 8.78 Å². The first-order chi connectivity index (χ1) is 17.5. The molecule has 1 saturated carbocycles. The van der Waals surface area contributed by atoms with Crippen LogP contribution in [0.3, 0.4) is 0 Å². The molecule has 9 heteroatoms. The van der Waals surface area contributed by atoms with Gasteiger partial charge in [-0.2, -0.15) is 0 Å². The molecule has 0 spiro atoms. The van der Waals surface area contributed by atoms with Gasteiger partial charge in [0.25, 0.3) is 0 Å². The number of rotatable bonds is 9. The minimum absolute atomic E-state index is 0.0383. The number of anilines is 1. The first-order valence-electron chi connectivity index (χ1n) is 12.8. The Morgan fingerprint density at radius 3 is 2.38 bits per heavy atom. The van der Waals surface area contributed by atoms with Gasteiger partial charge in [0.2, 0.25) is 5.13 Å². The van der Waals surface area contributed by atoms with Gasteiger partial charge in [0.1, 0.15) is 11.6 Å². The third-order valence-corrected chi connectivity index (χ3v) is 8.48. The summed E-state index contributed by atoms with van der Waals surface area (Å²) in [6.07, 6.45) is 4.79. The highest BCUT2D eigenvalue weighted by molar-refractivity contribution is 9.11. The summed E-state index contributed by atoms with van der Waals surface area (Å²) < 4.78 is 28.4. The summed E-state index contributed by atoms with van der Waals surface area (Å²) in [5.41, 5.74) is 2.80. The van der Waals surface area contributed by atoms with E-state index in [2.05, 4.69) is 81.8 Å². The standard InChI is InChI=1S/C28H35BrF2N4OS/c1-27(2,3)19-8-7-9-20(15-19)28(10-5-4-6-11-28)32-17-24(36)23(33-26-35-34-25(29)37-26)14-18-12-21(30)16-22(31)13-18/h7-9,12-13,15-16,23-24,32,36H,4-6,10-11,14,17H2,1-3H3,(H,33,35). The maximum atomic E-state index is 13.9. The van der Waals surface area contributed by atoms with Crippen molar-refractivity contribution in [1.29, 1.82) is 0 Å². The topological polar surface area (TPSA) is 70.1 Å². The Kier molecular flexibility index (Phi) is 8.99. The van der Waals surface area contributed by atoms with Crippen LogP contribution in [0.5, 0.6) is 0 Å². The highest BCUT2D eigenvalue weighted by atomic mass is 79.9. The number of aliphatic hydroxyl groups is 1. The van der Waals surface area contributed by atoms with Gasteiger partial charge < -0.3 is 15.7 Å². The van der Waals surface area contributed by atoms with Gasteiger partial charge in [0.05, 0.1) is 12.1 Å². The van der Waals surface area contributed by atoms with E-state index < -0.39 is 23.8 Å². The fraction of sp³-hybridized carbons (Fsp3) is 0.500. The quantitative estimate of drug-likeness (QED) is 0.257. The Bertz CT molecular complexity index is 1170. The van der Waals surface area contributed by atoms with Crippen molar-refractivity contribution in [1.82, 2.24) is 15.5 Å². The zero-order valence-corrected chi connectivity index (χ0v) is 23.9. The molecule has 3 aromatic rings. The van der Waals surface area contributed by atoms with E-state index in [9.17, 15) is 13.9 Å². The number of aromatic nitrogens is 2. The number of benzene rings is 2. The number of hydrogen-bond acceptors (Lipinski definition) is 6. The second-order valence-corrected chi connectivity index (χ2v) is 13.3. The van der Waals surface area contributed by atoms with E-state index in [0.717, 1.165) is 31.7 Å². The van der Waals surface area contributed by atoms with Gasteiger partial charge in [-0.05, 0) is 69.4 Å². The molecule has 1 aliphatic carbocycles. The van der Waals surface area contributed by atoms with Crippen LogP contribution < -0.4 is 10.6 Å². The zero-order valence-electron chi connectivity index (χ0n) is 21.5. The van der Waals surface area contributed by atoms with Gasteiger partial charge >= 0.3 is 0 Å². The summed E-state index contributed by atoms with van der Waals surface area (Å²) in [6, 6.07) is 11.7. The van der Waals surface area contributed by atoms with Crippen LogP contribution in [0.25, 0.3) is 0 Å². The minimum atomic E-state index is -0.849. The molecule has 0 bridgehead atoms. The van der Waals surface area contributed by atoms with Crippen molar-refractivity contribution in [3.63, 3.8) is 0 Å². The minimum Gasteiger partial charge on any atom is -0.390 e. The van der Waals surface area contributed by atoms with Crippen molar-refractivity contribution in [2.24, 2.45) is 0 Å². The van der Waals surface area contributed by atoms with Crippen molar-refractivity contribution >= 4 is 32.4 Å². The summed E-state index contributed by atoms with van der Waals surface area (Å²) in [7, 11) is 0. The molecule has 0 amide bonds. The average Bonchev–Trinajstić information content (AvgIpc) is 3.26. The molecule has 0 aliphatic heterocycles. The lowest BCUT2D eigenvalue weighted by molar-refractivity contribution is 0.122. The van der Waals surface area contributed by atoms with E-state index in [0.29, 0.717) is 21.2 Å². The lowest BCUT2D eigenvalue weighted by Crippen LogP contribution is -2.50. The smallest absolute Gasteiger partial charge is 0.206 e. The number of halogens is 3. The fourth-order valence-corrected chi connectivity index (χ4v) is 6.21. The molecule has 1 heterocycles. The average molecular weight is 594 g/mol. The summed E-state index contributed by atoms with van der Waals surface area (Å²) >= 11 is 4.61. The molecule has 3 N–H and O–H groups in total. The molecule has 0 radical (unpaired) electrons. The first kappa shape index (κ1) is 28.1. The molecule has 1 fully saturated rings. The van der Waals surface area contributed by atoms with E-state index in [1.54, 1.807) is 0 Å². The van der Waals surface area contributed by atoms with Crippen LogP contribution in [0.15, 0.2) is 46.4 Å². The Labute approximate surface area is 230 Å². The second-order valence-electron chi connectivity index (χ2n) is 11.0. The highest BCUT2D eigenvalue weighted by Crippen LogP contribution is 2.39. The van der Waals surface area contributed by atoms with E-state index in [1.807, 2.05) is 0 Å². The SMILES string of the molecule is CC(C)(C)c1cccc(C2(NCC(O)C(Cc3cc(F)cc(F)c3)Nc3nnc(Br)s3)CCCCC2)c1. The predicted octanol–water partition coefficient (Wildman–Crippen LogP) is 6.71. The summed E-state index contributed by atoms with van der Waals surface area (Å²) in [6.45, 7) is 6.96. The van der Waals surface area contributed by atoms with Crippen LogP contribution in [0, 0.1) is 11.6 Å². The maximum absolute atomic E-state index is 13.9. The van der Waals surface area contributed by atoms with Crippen molar-refractivity contribution in [3.05, 3.63) is 74.7 Å². The van der Waals surface area contributed by atoms with Gasteiger partial charge in [0.15, 0.2) is 3.92 Å². The Hall–Kier alpha value is -1.94. The molecule has 37 heavy (non-hydrogen) atoms. The van der Waals surface area contributed by atoms with Crippen LogP contribution in [0.4, 0.5) is 13.9 Å². The Morgan fingerprint density at radius 2 is 1.76 bits per heavy atom. The molecular formula is C28H35BrF2N4OS. The molecule has 0 saturated heterocycles. The van der Waals surface area contributed by atoms with Crippen LogP contribution in [0.1, 0.15) is 69.6 Å². The third-order valence-electron chi connectivity index (χ3n) is 7.19. The predicted molar refractivity (Wildman–Crippen MR) is 149 cm³/mol. The molecule has 5 nitrogen and oxygen atoms in total. The molecule has 2 atom stereocenters. The van der Waals surface area contributed by atoms with Gasteiger partial charge in [-0.15, -0.1) is 10.2 Å². The molecule has 4 rings (SSSR count). The number of nitrogens with zero attached hydrogens (tertiary/aromatic N) is 2. The largest absolute Gasteiger partial charge is 0.390 e. The van der Waals surface area contributed by atoms with Crippen LogP contribution in [-0.4, -0.2) is 34.0 Å². The fourth-order valence-electron chi connectivity index (χ4n) is 5.14. The summed E-state index contributed by atoms with van der Waals surface area (Å²) in [4.78, 5) is 0. The zero-order chi connectivity index (χ0) is 26.6. The number of aliphatic hydroxyl groups excluding tert-OH is 1. The molecule has 2 aromatic carbocycles. The van der Waals surface area contributed by atoms with Gasteiger partial charge in [-0.3, -0.25) is 0 Å². The molecule has 200 valence electrons. The lowest BCUT2D eigenvalue weighted by Gasteiger charge is -2.41. The third kappa shape index (κ3) is 7.34. The summed E-state index contributed by atoms with van der Waals surface area (Å²) in [5, 5.41) is 26.9. The number of nitrogens with one attached hydrogen (secondary N) is 2.